The average Bonchev–Trinajstić information content (AvgIpc) is 3.62. The molecule has 1 atom stereocenters. The van der Waals surface area contributed by atoms with Crippen molar-refractivity contribution in [3.63, 3.8) is 0 Å². The number of carbonyl (C=O) groups excluding carboxylic acids is 6. The van der Waals surface area contributed by atoms with Crippen molar-refractivity contribution >= 4 is 41.7 Å². The maximum absolute atomic E-state index is 11.8. The van der Waals surface area contributed by atoms with Gasteiger partial charge in [0.2, 0.25) is 5.91 Å². The molecule has 0 spiro atoms. The molecule has 0 aromatic heterocycles. The smallest absolute Gasteiger partial charge is 0.481 e. The highest BCUT2D eigenvalue weighted by Gasteiger charge is 2.33. The van der Waals surface area contributed by atoms with E-state index in [0.717, 1.165) is 4.90 Å². The van der Waals surface area contributed by atoms with Gasteiger partial charge in [-0.05, 0) is 0 Å². The molecule has 1 unspecified atom stereocenters. The van der Waals surface area contributed by atoms with E-state index in [-0.39, 0.29) is 51.5 Å². The predicted octanol–water partition coefficient (Wildman–Crippen LogP) is -1.39. The molecule has 5 amide bonds. The standard InChI is InChI=1S/C32H49N3O18/c36-26(5-7-34-27(37)1-2-28(34)38)33-6-8-44-9-10-45-11-12-46-13-14-47-15-16-48-17-18-49-19-20-50-21-22-51-25(23-31(41)42)24-52-32(43)53-35-29(39)3-4-30(35)40/h1-2,25H,3-24H2,(H,33,36)(H,41,42). The highest BCUT2D eigenvalue weighted by molar-refractivity contribution is 6.13. The van der Waals surface area contributed by atoms with E-state index in [1.165, 1.54) is 12.2 Å². The van der Waals surface area contributed by atoms with Gasteiger partial charge >= 0.3 is 12.1 Å². The summed E-state index contributed by atoms with van der Waals surface area (Å²) < 4.78 is 48.0. The van der Waals surface area contributed by atoms with Crippen molar-refractivity contribution in [1.82, 2.24) is 15.3 Å². The van der Waals surface area contributed by atoms with Gasteiger partial charge in [0, 0.05) is 44.5 Å². The summed E-state index contributed by atoms with van der Waals surface area (Å²) in [5.41, 5.74) is 0. The summed E-state index contributed by atoms with van der Waals surface area (Å²) in [6, 6.07) is 0. The maximum atomic E-state index is 11.8. The summed E-state index contributed by atoms with van der Waals surface area (Å²) in [7, 11) is 0. The first-order valence-electron chi connectivity index (χ1n) is 17.1. The van der Waals surface area contributed by atoms with Crippen LogP contribution in [0.4, 0.5) is 4.79 Å². The van der Waals surface area contributed by atoms with Gasteiger partial charge in [-0.15, -0.1) is 0 Å². The van der Waals surface area contributed by atoms with Crippen LogP contribution in [0.2, 0.25) is 0 Å². The minimum atomic E-state index is -1.33. The SMILES string of the molecule is O=C(O)CC(COC(=O)ON1C(=O)CCC1=O)OCCOCCOCCOCCOCCOCCOCCOCCNC(=O)CCN1C(=O)C=CC1=O. The molecule has 300 valence electrons. The zero-order valence-corrected chi connectivity index (χ0v) is 29.6. The molecule has 0 aromatic rings. The fourth-order valence-electron chi connectivity index (χ4n) is 4.19. The molecular weight excluding hydrogens is 714 g/mol. The largest absolute Gasteiger partial charge is 0.534 e. The molecule has 2 aliphatic rings. The molecule has 2 aliphatic heterocycles. The Morgan fingerprint density at radius 3 is 1.55 bits per heavy atom. The lowest BCUT2D eigenvalue weighted by molar-refractivity contribution is -0.178. The van der Waals surface area contributed by atoms with Crippen molar-refractivity contribution in [1.29, 1.82) is 0 Å². The molecule has 0 aromatic carbocycles. The monoisotopic (exact) mass is 763 g/mol. The molecule has 53 heavy (non-hydrogen) atoms. The first-order valence-corrected chi connectivity index (χ1v) is 17.1. The van der Waals surface area contributed by atoms with E-state index < -0.39 is 54.9 Å². The van der Waals surface area contributed by atoms with Crippen LogP contribution < -0.4 is 5.32 Å². The van der Waals surface area contributed by atoms with Crippen LogP contribution in [0.25, 0.3) is 0 Å². The molecule has 2 N–H and O–H groups in total. The number of amides is 5. The highest BCUT2D eigenvalue weighted by atomic mass is 16.8. The van der Waals surface area contributed by atoms with Gasteiger partial charge < -0.3 is 53.1 Å². The van der Waals surface area contributed by atoms with Gasteiger partial charge in [0.05, 0.1) is 106 Å². The Morgan fingerprint density at radius 2 is 1.09 bits per heavy atom. The average molecular weight is 764 g/mol. The minimum absolute atomic E-state index is 0.0140. The lowest BCUT2D eigenvalue weighted by Gasteiger charge is -2.17. The molecule has 0 saturated carbocycles. The summed E-state index contributed by atoms with van der Waals surface area (Å²) in [5, 5.41) is 12.0. The van der Waals surface area contributed by atoms with Gasteiger partial charge in [0.15, 0.2) is 0 Å². The van der Waals surface area contributed by atoms with Crippen LogP contribution in [0.1, 0.15) is 25.7 Å². The van der Waals surface area contributed by atoms with Gasteiger partial charge in [-0.3, -0.25) is 38.5 Å². The van der Waals surface area contributed by atoms with Crippen LogP contribution >= 0.6 is 0 Å². The van der Waals surface area contributed by atoms with Gasteiger partial charge in [0.1, 0.15) is 12.7 Å². The molecule has 1 saturated heterocycles. The Bertz CT molecular complexity index is 1150. The zero-order valence-electron chi connectivity index (χ0n) is 29.6. The van der Waals surface area contributed by atoms with E-state index in [9.17, 15) is 33.6 Å². The number of ether oxygens (including phenoxy) is 9. The first-order chi connectivity index (χ1) is 25.7. The van der Waals surface area contributed by atoms with Crippen molar-refractivity contribution in [2.45, 2.75) is 31.8 Å². The number of aliphatic carboxylic acids is 1. The number of carbonyl (C=O) groups is 7. The summed E-state index contributed by atoms with van der Waals surface area (Å²) >= 11 is 0. The number of nitrogens with one attached hydrogen (secondary N) is 1. The number of hydroxylamine groups is 2. The van der Waals surface area contributed by atoms with E-state index in [0.29, 0.717) is 90.9 Å². The van der Waals surface area contributed by atoms with E-state index in [1.54, 1.807) is 0 Å². The van der Waals surface area contributed by atoms with Crippen LogP contribution in [-0.2, 0) is 76.2 Å². The number of hydrogen-bond acceptors (Lipinski definition) is 17. The summed E-state index contributed by atoms with van der Waals surface area (Å²) in [5.74, 6) is -3.63. The normalized spacial score (nSPS) is 14.7. The van der Waals surface area contributed by atoms with Gasteiger partial charge in [-0.25, -0.2) is 4.79 Å². The highest BCUT2D eigenvalue weighted by Crippen LogP contribution is 2.13. The van der Waals surface area contributed by atoms with E-state index in [2.05, 4.69) is 10.2 Å². The molecule has 21 heteroatoms. The number of hydrogen-bond donors (Lipinski definition) is 2. The fraction of sp³-hybridized carbons (Fsp3) is 0.719. The van der Waals surface area contributed by atoms with Crippen LogP contribution in [0, 0.1) is 0 Å². The second-order valence-electron chi connectivity index (χ2n) is 10.9. The molecule has 0 aliphatic carbocycles. The van der Waals surface area contributed by atoms with Crippen molar-refractivity contribution in [3.8, 4) is 0 Å². The Morgan fingerprint density at radius 1 is 0.660 bits per heavy atom. The zero-order chi connectivity index (χ0) is 38.5. The number of carboxylic acids is 1. The van der Waals surface area contributed by atoms with Crippen LogP contribution in [-0.4, -0.2) is 182 Å². The molecule has 21 nitrogen and oxygen atoms in total. The first kappa shape index (κ1) is 45.1. The van der Waals surface area contributed by atoms with Crippen molar-refractivity contribution in [2.24, 2.45) is 0 Å². The molecule has 1 fully saturated rings. The third-order valence-electron chi connectivity index (χ3n) is 6.81. The second kappa shape index (κ2) is 28.4. The Kier molecular flexibility index (Phi) is 24.2. The van der Waals surface area contributed by atoms with Gasteiger partial charge in [-0.2, -0.15) is 0 Å². The topological polar surface area (TPSA) is 251 Å². The van der Waals surface area contributed by atoms with Crippen LogP contribution in [0.3, 0.4) is 0 Å². The van der Waals surface area contributed by atoms with Crippen molar-refractivity contribution < 1.29 is 86.1 Å². The molecule has 2 heterocycles. The van der Waals surface area contributed by atoms with E-state index in [1.807, 2.05) is 0 Å². The molecule has 0 radical (unpaired) electrons. The molecular formula is C32H49N3O18. The number of nitrogens with zero attached hydrogens (tertiary/aromatic N) is 2. The van der Waals surface area contributed by atoms with Crippen LogP contribution in [0.15, 0.2) is 12.2 Å². The third kappa shape index (κ3) is 21.9. The molecule has 0 bridgehead atoms. The number of rotatable bonds is 33. The van der Waals surface area contributed by atoms with E-state index in [4.69, 9.17) is 47.7 Å². The Hall–Kier alpha value is -4.09. The number of imide groups is 2. The number of carboxylic acid groups (broad SMARTS) is 1. The summed E-state index contributed by atoms with van der Waals surface area (Å²) in [4.78, 5) is 86.0. The van der Waals surface area contributed by atoms with Gasteiger partial charge in [0.25, 0.3) is 23.6 Å². The summed E-state index contributed by atoms with van der Waals surface area (Å²) in [6.07, 6.45) is -0.550. The maximum Gasteiger partial charge on any atom is 0.534 e. The van der Waals surface area contributed by atoms with E-state index >= 15 is 0 Å². The van der Waals surface area contributed by atoms with Crippen molar-refractivity contribution in [2.75, 3.05) is 119 Å². The lowest BCUT2D eigenvalue weighted by atomic mass is 10.3. The van der Waals surface area contributed by atoms with Crippen LogP contribution in [0.5, 0.6) is 0 Å². The van der Waals surface area contributed by atoms with Gasteiger partial charge in [-0.1, -0.05) is 5.06 Å². The fourth-order valence-corrected chi connectivity index (χ4v) is 4.19. The lowest BCUT2D eigenvalue weighted by Crippen LogP contribution is -2.35. The third-order valence-corrected chi connectivity index (χ3v) is 6.81. The second-order valence-corrected chi connectivity index (χ2v) is 10.9. The predicted molar refractivity (Wildman–Crippen MR) is 175 cm³/mol. The Labute approximate surface area is 305 Å². The minimum Gasteiger partial charge on any atom is -0.481 e. The van der Waals surface area contributed by atoms with Crippen molar-refractivity contribution in [3.05, 3.63) is 12.2 Å². The molecule has 2 rings (SSSR count). The summed E-state index contributed by atoms with van der Waals surface area (Å²) in [6.45, 7) is 4.67. The Balaban J connectivity index is 1.26. The quantitative estimate of drug-likeness (QED) is 0.0443.